The van der Waals surface area contributed by atoms with Gasteiger partial charge in [0.25, 0.3) is 0 Å². The fourth-order valence-corrected chi connectivity index (χ4v) is 6.47. The van der Waals surface area contributed by atoms with Crippen molar-refractivity contribution < 1.29 is 32.1 Å². The Bertz CT molecular complexity index is 2170. The number of fused-ring (bicyclic) bond motifs is 6. The molecule has 268 valence electrons. The van der Waals surface area contributed by atoms with Crippen molar-refractivity contribution in [3.8, 4) is 0 Å². The third-order valence-electron chi connectivity index (χ3n) is 10.4. The van der Waals surface area contributed by atoms with Crippen LogP contribution in [0.4, 0.5) is 0 Å². The zero-order valence-corrected chi connectivity index (χ0v) is 33.5. The summed E-state index contributed by atoms with van der Waals surface area (Å²) in [5.74, 6) is 0. The molecule has 6 aromatic rings. The van der Waals surface area contributed by atoms with Crippen LogP contribution in [0, 0.1) is 13.8 Å². The van der Waals surface area contributed by atoms with E-state index < -0.39 is 14.4 Å². The summed E-state index contributed by atoms with van der Waals surface area (Å²) in [6, 6.07) is 24.9. The molecule has 0 aliphatic carbocycles. The molecule has 2 aliphatic heterocycles. The first-order chi connectivity index (χ1) is 23.8. The van der Waals surface area contributed by atoms with Gasteiger partial charge in [0.1, 0.15) is 22.3 Å². The number of furan rings is 2. The van der Waals surface area contributed by atoms with E-state index in [1.165, 1.54) is 21.9 Å². The van der Waals surface area contributed by atoms with Gasteiger partial charge in [-0.05, 0) is 128 Å². The van der Waals surface area contributed by atoms with E-state index in [2.05, 4.69) is 106 Å². The molecule has 0 amide bonds. The van der Waals surface area contributed by atoms with Gasteiger partial charge in [-0.2, -0.15) is 0 Å². The first-order valence-corrected chi connectivity index (χ1v) is 18.4. The molecule has 0 N–H and O–H groups in total. The van der Waals surface area contributed by atoms with Crippen LogP contribution in [0.1, 0.15) is 80.4 Å². The van der Waals surface area contributed by atoms with Crippen molar-refractivity contribution in [2.75, 3.05) is 0 Å². The number of rotatable bonds is 3. The number of para-hydroxylation sites is 2. The molecule has 7 nitrogen and oxygen atoms in total. The summed E-state index contributed by atoms with van der Waals surface area (Å²) in [5, 5.41) is 4.58. The normalized spacial score (nSPS) is 18.8. The van der Waals surface area contributed by atoms with Gasteiger partial charge in [0.05, 0.1) is 26.9 Å². The van der Waals surface area contributed by atoms with Crippen LogP contribution in [0.15, 0.2) is 86.1 Å². The van der Waals surface area contributed by atoms with E-state index in [0.717, 1.165) is 43.0 Å². The smallest absolute Gasteiger partial charge is 0.456 e. The average molecular weight is 755 g/mol. The van der Waals surface area contributed by atoms with E-state index in [4.69, 9.17) is 32.1 Å². The first-order valence-electron chi connectivity index (χ1n) is 17.6. The second kappa shape index (κ2) is 13.7. The van der Waals surface area contributed by atoms with Crippen LogP contribution in [0.2, 0.25) is 0 Å². The van der Waals surface area contributed by atoms with Gasteiger partial charge in [-0.1, -0.05) is 54.6 Å². The average Bonchev–Trinajstić information content (AvgIpc) is 3.69. The molecule has 10 heteroatoms. The van der Waals surface area contributed by atoms with Gasteiger partial charge in [0, 0.05) is 33.1 Å². The second-order valence-corrected chi connectivity index (χ2v) is 16.7. The van der Waals surface area contributed by atoms with Crippen LogP contribution in [0.25, 0.3) is 43.9 Å². The number of hydrogen-bond donors (Lipinski definition) is 0. The lowest BCUT2D eigenvalue weighted by Crippen LogP contribution is -2.41. The molecule has 0 spiro atoms. The zero-order chi connectivity index (χ0) is 37.1. The van der Waals surface area contributed by atoms with E-state index in [-0.39, 0.29) is 28.5 Å². The summed E-state index contributed by atoms with van der Waals surface area (Å²) in [6.45, 7) is 24.4. The summed E-state index contributed by atoms with van der Waals surface area (Å²) in [5.41, 5.74) is 5.69. The molecule has 4 aromatic carbocycles. The summed E-state index contributed by atoms with van der Waals surface area (Å²) in [4.78, 5) is 0. The van der Waals surface area contributed by atoms with Gasteiger partial charge in [0.2, 0.25) is 0 Å². The van der Waals surface area contributed by atoms with Gasteiger partial charge in [-0.25, -0.2) is 0 Å². The molecule has 8 rings (SSSR count). The third-order valence-corrected chi connectivity index (χ3v) is 11.0. The Morgan fingerprint density at radius 3 is 1.53 bits per heavy atom. The highest BCUT2D eigenvalue weighted by molar-refractivity contribution is 9.10. The van der Waals surface area contributed by atoms with Crippen LogP contribution in [0.3, 0.4) is 0 Å². The number of aryl methyl sites for hydroxylation is 2. The van der Waals surface area contributed by atoms with Gasteiger partial charge in [0.15, 0.2) is 0 Å². The topological polar surface area (TPSA) is 72.4 Å². The van der Waals surface area contributed by atoms with Crippen molar-refractivity contribution >= 4 is 79.7 Å². The van der Waals surface area contributed by atoms with Gasteiger partial charge >= 0.3 is 14.4 Å². The number of benzene rings is 4. The summed E-state index contributed by atoms with van der Waals surface area (Å²) in [6.07, 6.45) is 0.120. The predicted octanol–water partition coefficient (Wildman–Crippen LogP) is 10.9. The highest BCUT2D eigenvalue weighted by Gasteiger charge is 2.53. The molecule has 4 heterocycles. The van der Waals surface area contributed by atoms with E-state index in [9.17, 15) is 0 Å². The highest BCUT2D eigenvalue weighted by atomic mass is 79.9. The standard InChI is InChI=1S/C19H21BO3.C13H9BrO.C9H19BO3/c1-12-9-10-13-14-7-6-8-15(17(14)21-16(13)11-12)20-22-18(2,3)19(4,5)23-20;1-8-5-6-9-10-3-2-4-11(14)13(10)15-12(9)7-8;1-7(2)11-10-12-8(3,4)9(5,6)13-10/h6-11H,1-5H3;2-7H,1H3;7H,1-6H3. The molecule has 0 radical (unpaired) electrons. The van der Waals surface area contributed by atoms with Crippen molar-refractivity contribution in [1.82, 2.24) is 0 Å². The Morgan fingerprint density at radius 2 is 1.02 bits per heavy atom. The van der Waals surface area contributed by atoms with Gasteiger partial charge in [-0.3, -0.25) is 0 Å². The highest BCUT2D eigenvalue weighted by Crippen LogP contribution is 2.39. The van der Waals surface area contributed by atoms with Gasteiger partial charge < -0.3 is 32.1 Å². The molecule has 0 bridgehead atoms. The Hall–Kier alpha value is -3.11. The fraction of sp³-hybridized carbons (Fsp3) is 0.415. The minimum atomic E-state index is -0.523. The molecule has 0 unspecified atom stereocenters. The Morgan fingerprint density at radius 1 is 0.569 bits per heavy atom. The van der Waals surface area contributed by atoms with Crippen LogP contribution < -0.4 is 5.46 Å². The molecule has 51 heavy (non-hydrogen) atoms. The largest absolute Gasteiger partial charge is 0.640 e. The first kappa shape index (κ1) is 37.6. The molecule has 2 aromatic heterocycles. The molecule has 2 aliphatic rings. The summed E-state index contributed by atoms with van der Waals surface area (Å²) in [7, 11) is -0.935. The van der Waals surface area contributed by atoms with Gasteiger partial charge in [-0.15, -0.1) is 0 Å². The van der Waals surface area contributed by atoms with E-state index in [0.29, 0.717) is 0 Å². The minimum Gasteiger partial charge on any atom is -0.456 e. The maximum atomic E-state index is 6.20. The summed E-state index contributed by atoms with van der Waals surface area (Å²) >= 11 is 3.50. The minimum absolute atomic E-state index is 0.120. The van der Waals surface area contributed by atoms with Crippen LogP contribution in [0.5, 0.6) is 0 Å². The van der Waals surface area contributed by atoms with Crippen molar-refractivity contribution in [3.05, 3.63) is 88.4 Å². The lowest BCUT2D eigenvalue weighted by atomic mass is 9.78. The molecule has 0 atom stereocenters. The molecule has 2 fully saturated rings. The molecular weight excluding hydrogens is 706 g/mol. The van der Waals surface area contributed by atoms with Crippen molar-refractivity contribution in [2.24, 2.45) is 0 Å². The molecule has 0 saturated carbocycles. The number of halogens is 1. The van der Waals surface area contributed by atoms with Crippen LogP contribution in [-0.2, 0) is 23.3 Å². The fourth-order valence-electron chi connectivity index (χ4n) is 6.02. The summed E-state index contributed by atoms with van der Waals surface area (Å²) < 4.78 is 42.1. The SMILES string of the molecule is CC(C)OB1OC(C)(C)C(C)(C)O1.Cc1ccc2c(c1)oc1c(B3OC(C)(C)C(C)(C)O3)cccc12.Cc1ccc2c(c1)oc1c(Br)cccc12. The quantitative estimate of drug-likeness (QED) is 0.167. The zero-order valence-electron chi connectivity index (χ0n) is 31.9. The lowest BCUT2D eigenvalue weighted by Gasteiger charge is -2.32. The monoisotopic (exact) mass is 754 g/mol. The van der Waals surface area contributed by atoms with Crippen molar-refractivity contribution in [2.45, 2.75) is 112 Å². The Labute approximate surface area is 310 Å². The Balaban J connectivity index is 0.000000139. The Kier molecular flexibility index (Phi) is 10.1. The van der Waals surface area contributed by atoms with Crippen LogP contribution in [-0.4, -0.2) is 42.9 Å². The molecular formula is C41H49B2BrO7. The number of hydrogen-bond acceptors (Lipinski definition) is 7. The van der Waals surface area contributed by atoms with E-state index in [1.807, 2.05) is 65.8 Å². The van der Waals surface area contributed by atoms with E-state index >= 15 is 0 Å². The predicted molar refractivity (Wildman–Crippen MR) is 213 cm³/mol. The van der Waals surface area contributed by atoms with E-state index in [1.54, 1.807) is 0 Å². The second-order valence-electron chi connectivity index (χ2n) is 15.9. The van der Waals surface area contributed by atoms with Crippen LogP contribution >= 0.6 is 15.9 Å². The third kappa shape index (κ3) is 7.41. The van der Waals surface area contributed by atoms with Crippen molar-refractivity contribution in [3.63, 3.8) is 0 Å². The maximum Gasteiger partial charge on any atom is 0.640 e. The van der Waals surface area contributed by atoms with Crippen molar-refractivity contribution in [1.29, 1.82) is 0 Å². The maximum absolute atomic E-state index is 6.20. The lowest BCUT2D eigenvalue weighted by molar-refractivity contribution is 0.00578. The molecule has 2 saturated heterocycles.